The van der Waals surface area contributed by atoms with Gasteiger partial charge in [-0.25, -0.2) is 0 Å². The minimum Gasteiger partial charge on any atom is -0.376 e. The zero-order valence-corrected chi connectivity index (χ0v) is 8.63. The maximum absolute atomic E-state index is 5.56. The number of nitrogens with one attached hydrogen (secondary N) is 2. The van der Waals surface area contributed by atoms with Gasteiger partial charge in [-0.1, -0.05) is 0 Å². The first-order chi connectivity index (χ1) is 6.95. The molecule has 2 unspecified atom stereocenters. The van der Waals surface area contributed by atoms with E-state index in [1.54, 1.807) is 0 Å². The van der Waals surface area contributed by atoms with E-state index in [9.17, 15) is 0 Å². The molecule has 2 rings (SSSR count). The molecule has 0 bridgehead atoms. The highest BCUT2D eigenvalue weighted by Gasteiger charge is 2.17. The molecule has 2 N–H and O–H groups in total. The SMILES string of the molecule is C1CNCC(NCC2COCCO2)C1. The predicted octanol–water partition coefficient (Wildman–Crippen LogP) is -0.257. The first-order valence-electron chi connectivity index (χ1n) is 5.58. The molecule has 2 atom stereocenters. The monoisotopic (exact) mass is 200 g/mol. The van der Waals surface area contributed by atoms with Gasteiger partial charge in [-0.3, -0.25) is 0 Å². The predicted molar refractivity (Wildman–Crippen MR) is 54.5 cm³/mol. The van der Waals surface area contributed by atoms with Crippen LogP contribution in [0.1, 0.15) is 12.8 Å². The van der Waals surface area contributed by atoms with Crippen LogP contribution in [0.4, 0.5) is 0 Å². The summed E-state index contributed by atoms with van der Waals surface area (Å²) < 4.78 is 10.9. The molecule has 2 aliphatic heterocycles. The van der Waals surface area contributed by atoms with Gasteiger partial charge in [0.1, 0.15) is 0 Å². The Labute approximate surface area is 85.3 Å². The van der Waals surface area contributed by atoms with Crippen LogP contribution in [0.2, 0.25) is 0 Å². The van der Waals surface area contributed by atoms with Crippen molar-refractivity contribution in [2.75, 3.05) is 39.5 Å². The highest BCUT2D eigenvalue weighted by molar-refractivity contribution is 4.77. The zero-order valence-electron chi connectivity index (χ0n) is 8.63. The van der Waals surface area contributed by atoms with E-state index < -0.39 is 0 Å². The van der Waals surface area contributed by atoms with E-state index in [0.29, 0.717) is 6.04 Å². The average molecular weight is 200 g/mol. The molecule has 2 heterocycles. The second-order valence-electron chi connectivity index (χ2n) is 4.02. The van der Waals surface area contributed by atoms with E-state index in [1.165, 1.54) is 19.4 Å². The second kappa shape index (κ2) is 5.66. The van der Waals surface area contributed by atoms with Gasteiger partial charge < -0.3 is 20.1 Å². The van der Waals surface area contributed by atoms with E-state index in [-0.39, 0.29) is 6.10 Å². The average Bonchev–Trinajstić information content (AvgIpc) is 2.29. The van der Waals surface area contributed by atoms with Gasteiger partial charge in [0, 0.05) is 19.1 Å². The Hall–Kier alpha value is -0.160. The molecular formula is C10H20N2O2. The fourth-order valence-corrected chi connectivity index (χ4v) is 1.98. The van der Waals surface area contributed by atoms with Gasteiger partial charge in [0.15, 0.2) is 0 Å². The van der Waals surface area contributed by atoms with Crippen LogP contribution in [-0.4, -0.2) is 51.6 Å². The molecule has 0 aromatic carbocycles. The van der Waals surface area contributed by atoms with Crippen molar-refractivity contribution < 1.29 is 9.47 Å². The molecule has 2 saturated heterocycles. The summed E-state index contributed by atoms with van der Waals surface area (Å²) in [6, 6.07) is 0.620. The van der Waals surface area contributed by atoms with Crippen LogP contribution in [-0.2, 0) is 9.47 Å². The number of rotatable bonds is 3. The Kier molecular flexibility index (Phi) is 4.19. The van der Waals surface area contributed by atoms with Gasteiger partial charge in [-0.05, 0) is 19.4 Å². The van der Waals surface area contributed by atoms with Gasteiger partial charge in [0.2, 0.25) is 0 Å². The lowest BCUT2D eigenvalue weighted by atomic mass is 10.1. The molecular weight excluding hydrogens is 180 g/mol. The Morgan fingerprint density at radius 3 is 3.07 bits per heavy atom. The van der Waals surface area contributed by atoms with Gasteiger partial charge in [0.25, 0.3) is 0 Å². The lowest BCUT2D eigenvalue weighted by Crippen LogP contribution is -2.47. The summed E-state index contributed by atoms with van der Waals surface area (Å²) in [6.45, 7) is 5.42. The first kappa shape index (κ1) is 10.4. The van der Waals surface area contributed by atoms with Gasteiger partial charge >= 0.3 is 0 Å². The zero-order chi connectivity index (χ0) is 9.64. The summed E-state index contributed by atoms with van der Waals surface area (Å²) in [5.41, 5.74) is 0. The van der Waals surface area contributed by atoms with Crippen LogP contribution in [0.3, 0.4) is 0 Å². The molecule has 4 nitrogen and oxygen atoms in total. The van der Waals surface area contributed by atoms with Crippen molar-refractivity contribution in [1.82, 2.24) is 10.6 Å². The van der Waals surface area contributed by atoms with Crippen molar-refractivity contribution in [3.63, 3.8) is 0 Å². The fourth-order valence-electron chi connectivity index (χ4n) is 1.98. The highest BCUT2D eigenvalue weighted by Crippen LogP contribution is 2.03. The lowest BCUT2D eigenvalue weighted by molar-refractivity contribution is -0.0871. The maximum atomic E-state index is 5.56. The summed E-state index contributed by atoms with van der Waals surface area (Å²) >= 11 is 0. The highest BCUT2D eigenvalue weighted by atomic mass is 16.6. The summed E-state index contributed by atoms with van der Waals surface area (Å²) in [5, 5.41) is 6.91. The quantitative estimate of drug-likeness (QED) is 0.659. The maximum Gasteiger partial charge on any atom is 0.0933 e. The standard InChI is InChI=1S/C10H20N2O2/c1-2-9(6-11-3-1)12-7-10-8-13-4-5-14-10/h9-12H,1-8H2. The Morgan fingerprint density at radius 2 is 2.36 bits per heavy atom. The Morgan fingerprint density at radius 1 is 1.36 bits per heavy atom. The van der Waals surface area contributed by atoms with Gasteiger partial charge in [-0.15, -0.1) is 0 Å². The minimum absolute atomic E-state index is 0.255. The number of ether oxygens (including phenoxy) is 2. The molecule has 14 heavy (non-hydrogen) atoms. The summed E-state index contributed by atoms with van der Waals surface area (Å²) in [4.78, 5) is 0. The van der Waals surface area contributed by atoms with Crippen molar-refractivity contribution in [3.8, 4) is 0 Å². The summed E-state index contributed by atoms with van der Waals surface area (Å²) in [5.74, 6) is 0. The largest absolute Gasteiger partial charge is 0.376 e. The first-order valence-corrected chi connectivity index (χ1v) is 5.58. The molecule has 0 aromatic rings. The molecule has 2 aliphatic rings. The van der Waals surface area contributed by atoms with E-state index in [0.717, 1.165) is 32.9 Å². The molecule has 0 saturated carbocycles. The van der Waals surface area contributed by atoms with Crippen LogP contribution < -0.4 is 10.6 Å². The molecule has 0 aromatic heterocycles. The van der Waals surface area contributed by atoms with E-state index in [1.807, 2.05) is 0 Å². The fraction of sp³-hybridized carbons (Fsp3) is 1.00. The minimum atomic E-state index is 0.255. The van der Waals surface area contributed by atoms with Crippen LogP contribution in [0.5, 0.6) is 0 Å². The number of piperidine rings is 1. The van der Waals surface area contributed by atoms with Gasteiger partial charge in [0.05, 0.1) is 25.9 Å². The van der Waals surface area contributed by atoms with Crippen LogP contribution in [0.25, 0.3) is 0 Å². The molecule has 0 spiro atoms. The Bertz CT molecular complexity index is 136. The number of hydrogen-bond acceptors (Lipinski definition) is 4. The second-order valence-corrected chi connectivity index (χ2v) is 4.02. The third kappa shape index (κ3) is 3.20. The van der Waals surface area contributed by atoms with Crippen LogP contribution in [0.15, 0.2) is 0 Å². The third-order valence-corrected chi connectivity index (χ3v) is 2.82. The molecule has 2 fully saturated rings. The van der Waals surface area contributed by atoms with E-state index in [4.69, 9.17) is 9.47 Å². The van der Waals surface area contributed by atoms with E-state index in [2.05, 4.69) is 10.6 Å². The third-order valence-electron chi connectivity index (χ3n) is 2.82. The van der Waals surface area contributed by atoms with Crippen LogP contribution >= 0.6 is 0 Å². The molecule has 0 amide bonds. The van der Waals surface area contributed by atoms with Crippen LogP contribution in [0, 0.1) is 0 Å². The Balaban J connectivity index is 1.60. The topological polar surface area (TPSA) is 42.5 Å². The molecule has 82 valence electrons. The summed E-state index contributed by atoms with van der Waals surface area (Å²) in [6.07, 6.45) is 2.81. The number of hydrogen-bond donors (Lipinski definition) is 2. The van der Waals surface area contributed by atoms with Crippen molar-refractivity contribution in [2.45, 2.75) is 25.0 Å². The molecule has 0 radical (unpaired) electrons. The smallest absolute Gasteiger partial charge is 0.0933 e. The lowest BCUT2D eigenvalue weighted by Gasteiger charge is -2.28. The molecule has 4 heteroatoms. The van der Waals surface area contributed by atoms with Crippen molar-refractivity contribution in [2.24, 2.45) is 0 Å². The summed E-state index contributed by atoms with van der Waals surface area (Å²) in [7, 11) is 0. The normalized spacial score (nSPS) is 34.3. The van der Waals surface area contributed by atoms with Crippen molar-refractivity contribution >= 4 is 0 Å². The van der Waals surface area contributed by atoms with E-state index >= 15 is 0 Å². The van der Waals surface area contributed by atoms with Gasteiger partial charge in [-0.2, -0.15) is 0 Å². The van der Waals surface area contributed by atoms with Crippen molar-refractivity contribution in [3.05, 3.63) is 0 Å². The van der Waals surface area contributed by atoms with Crippen molar-refractivity contribution in [1.29, 1.82) is 0 Å². The molecule has 0 aliphatic carbocycles.